The van der Waals surface area contributed by atoms with Crippen molar-refractivity contribution in [2.24, 2.45) is 0 Å². The highest BCUT2D eigenvalue weighted by molar-refractivity contribution is 6.28. The lowest BCUT2D eigenvalue weighted by Gasteiger charge is -2.37. The van der Waals surface area contributed by atoms with E-state index in [1.54, 1.807) is 0 Å². The molecule has 1 aliphatic carbocycles. The van der Waals surface area contributed by atoms with Gasteiger partial charge in [-0.25, -0.2) is 4.98 Å². The molecule has 0 atom stereocenters. The van der Waals surface area contributed by atoms with Crippen molar-refractivity contribution < 1.29 is 0 Å². The minimum atomic E-state index is -0.338. The lowest BCUT2D eigenvalue weighted by Crippen LogP contribution is -2.25. The monoisotopic (exact) mass is 638 g/mol. The molecule has 2 heterocycles. The highest BCUT2D eigenvalue weighted by Crippen LogP contribution is 2.54. The van der Waals surface area contributed by atoms with Gasteiger partial charge in [-0.1, -0.05) is 147 Å². The van der Waals surface area contributed by atoms with Crippen molar-refractivity contribution in [3.8, 4) is 39.9 Å². The van der Waals surface area contributed by atoms with E-state index in [0.29, 0.717) is 17.6 Å². The molecule has 0 saturated carbocycles. The predicted molar refractivity (Wildman–Crippen MR) is 206 cm³/mol. The fourth-order valence-electron chi connectivity index (χ4n) is 8.72. The maximum absolute atomic E-state index is 5.25. The van der Waals surface area contributed by atoms with E-state index in [1.807, 2.05) is 36.4 Å². The van der Waals surface area contributed by atoms with E-state index in [2.05, 4.69) is 128 Å². The molecule has 0 spiro atoms. The first-order chi connectivity index (χ1) is 24.6. The molecule has 0 fully saturated rings. The van der Waals surface area contributed by atoms with E-state index in [0.717, 1.165) is 22.2 Å². The van der Waals surface area contributed by atoms with Gasteiger partial charge >= 0.3 is 0 Å². The van der Waals surface area contributed by atoms with Crippen LogP contribution in [0.1, 0.15) is 25.0 Å². The molecule has 8 aromatic carbocycles. The molecule has 0 unspecified atom stereocenters. The van der Waals surface area contributed by atoms with Crippen LogP contribution in [-0.4, -0.2) is 19.5 Å². The third-order valence-electron chi connectivity index (χ3n) is 10.9. The molecule has 0 bridgehead atoms. The third kappa shape index (κ3) is 3.62. The maximum atomic E-state index is 5.25. The first-order valence-corrected chi connectivity index (χ1v) is 17.2. The first-order valence-electron chi connectivity index (χ1n) is 17.2. The average Bonchev–Trinajstić information content (AvgIpc) is 3.51. The standard InChI is InChI=1S/C46H30N4/c1-46(2)36-26-31-17-11-16-27-20-21-28-22-23-33(40(36)39(28)38(27)31)34-24-25-35-32-18-9-10-19-37(32)50(42(35)41(34)46)45-48-43(29-12-5-3-6-13-29)47-44(49-45)30-14-7-4-8-15-30/h3-26H,1-2H3. The molecule has 1 aliphatic rings. The number of hydrogen-bond acceptors (Lipinski definition) is 3. The Morgan fingerprint density at radius 1 is 0.480 bits per heavy atom. The van der Waals surface area contributed by atoms with E-state index in [1.165, 1.54) is 65.3 Å². The number of fused-ring (bicyclic) bond motifs is 6. The number of hydrogen-bond donors (Lipinski definition) is 0. The minimum absolute atomic E-state index is 0.338. The van der Waals surface area contributed by atoms with Gasteiger partial charge in [0.25, 0.3) is 0 Å². The van der Waals surface area contributed by atoms with Gasteiger partial charge < -0.3 is 0 Å². The van der Waals surface area contributed by atoms with E-state index < -0.39 is 0 Å². The summed E-state index contributed by atoms with van der Waals surface area (Å²) >= 11 is 0. The van der Waals surface area contributed by atoms with Crippen LogP contribution in [0.15, 0.2) is 146 Å². The number of rotatable bonds is 3. The predicted octanol–water partition coefficient (Wildman–Crippen LogP) is 11.5. The van der Waals surface area contributed by atoms with Crippen molar-refractivity contribution in [1.29, 1.82) is 0 Å². The largest absolute Gasteiger partial charge is 0.277 e. The van der Waals surface area contributed by atoms with Crippen LogP contribution in [0.4, 0.5) is 0 Å². The Balaban J connectivity index is 1.30. The summed E-state index contributed by atoms with van der Waals surface area (Å²) in [5.41, 5.74) is 8.97. The van der Waals surface area contributed by atoms with Crippen molar-refractivity contribution in [2.75, 3.05) is 0 Å². The summed E-state index contributed by atoms with van der Waals surface area (Å²) in [6.45, 7) is 4.79. The van der Waals surface area contributed by atoms with Gasteiger partial charge in [-0.15, -0.1) is 0 Å². The Hall–Kier alpha value is -6.39. The zero-order valence-corrected chi connectivity index (χ0v) is 27.6. The van der Waals surface area contributed by atoms with E-state index >= 15 is 0 Å². The molecule has 234 valence electrons. The summed E-state index contributed by atoms with van der Waals surface area (Å²) in [4.78, 5) is 15.5. The van der Waals surface area contributed by atoms with Crippen LogP contribution in [0.5, 0.6) is 0 Å². The van der Waals surface area contributed by atoms with Gasteiger partial charge in [-0.05, 0) is 66.7 Å². The fraction of sp³-hybridized carbons (Fsp3) is 0.0652. The normalized spacial score (nSPS) is 13.6. The lowest BCUT2D eigenvalue weighted by molar-refractivity contribution is 0.649. The third-order valence-corrected chi connectivity index (χ3v) is 10.9. The lowest BCUT2D eigenvalue weighted by atomic mass is 9.66. The Bertz CT molecular complexity index is 2930. The molecule has 4 nitrogen and oxygen atoms in total. The van der Waals surface area contributed by atoms with Crippen molar-refractivity contribution >= 4 is 54.1 Å². The van der Waals surface area contributed by atoms with Gasteiger partial charge in [-0.2, -0.15) is 9.97 Å². The van der Waals surface area contributed by atoms with Crippen LogP contribution >= 0.6 is 0 Å². The Labute approximate surface area is 288 Å². The molecule has 11 rings (SSSR count). The SMILES string of the molecule is CC1(C)c2cc3cccc4ccc5ccc(c2c5c43)-c2ccc3c4ccccc4n(-c4nc(-c5ccccc5)nc(-c5ccccc5)n4)c3c21. The molecule has 0 aliphatic heterocycles. The number of para-hydroxylation sites is 1. The highest BCUT2D eigenvalue weighted by atomic mass is 15.2. The number of nitrogens with zero attached hydrogens (tertiary/aromatic N) is 4. The molecule has 0 amide bonds. The van der Waals surface area contributed by atoms with Crippen LogP contribution in [0.2, 0.25) is 0 Å². The van der Waals surface area contributed by atoms with Crippen molar-refractivity contribution in [3.63, 3.8) is 0 Å². The second-order valence-corrected chi connectivity index (χ2v) is 14.0. The quantitative estimate of drug-likeness (QED) is 0.181. The summed E-state index contributed by atoms with van der Waals surface area (Å²) in [6.07, 6.45) is 0. The van der Waals surface area contributed by atoms with Gasteiger partial charge in [0.1, 0.15) is 0 Å². The Morgan fingerprint density at radius 3 is 1.84 bits per heavy atom. The summed E-state index contributed by atoms with van der Waals surface area (Å²) in [5, 5.41) is 10.3. The topological polar surface area (TPSA) is 43.6 Å². The second kappa shape index (κ2) is 9.83. The minimum Gasteiger partial charge on any atom is -0.277 e. The fourth-order valence-corrected chi connectivity index (χ4v) is 8.72. The van der Waals surface area contributed by atoms with Gasteiger partial charge in [0.05, 0.1) is 11.0 Å². The molecule has 2 aromatic heterocycles. The summed E-state index contributed by atoms with van der Waals surface area (Å²) in [7, 11) is 0. The van der Waals surface area contributed by atoms with Gasteiger partial charge in [0.15, 0.2) is 11.6 Å². The molecule has 4 heteroatoms. The number of benzene rings is 8. The van der Waals surface area contributed by atoms with Crippen LogP contribution in [0.25, 0.3) is 94.0 Å². The Kier molecular flexibility index (Phi) is 5.42. The summed E-state index contributed by atoms with van der Waals surface area (Å²) in [5.74, 6) is 1.91. The molecule has 50 heavy (non-hydrogen) atoms. The van der Waals surface area contributed by atoms with Crippen molar-refractivity contribution in [3.05, 3.63) is 157 Å². The van der Waals surface area contributed by atoms with Crippen molar-refractivity contribution in [2.45, 2.75) is 19.3 Å². The van der Waals surface area contributed by atoms with Crippen LogP contribution in [-0.2, 0) is 5.41 Å². The van der Waals surface area contributed by atoms with E-state index in [9.17, 15) is 0 Å². The Morgan fingerprint density at radius 2 is 1.10 bits per heavy atom. The summed E-state index contributed by atoms with van der Waals surface area (Å²) in [6, 6.07) is 52.1. The molecule has 10 aromatic rings. The van der Waals surface area contributed by atoms with Crippen LogP contribution in [0, 0.1) is 0 Å². The molecule has 0 saturated heterocycles. The highest BCUT2D eigenvalue weighted by Gasteiger charge is 2.38. The zero-order chi connectivity index (χ0) is 33.1. The number of aromatic nitrogens is 4. The first kappa shape index (κ1) is 27.5. The zero-order valence-electron chi connectivity index (χ0n) is 27.6. The van der Waals surface area contributed by atoms with Crippen molar-refractivity contribution in [1.82, 2.24) is 19.5 Å². The molecular weight excluding hydrogens is 609 g/mol. The molecule has 0 radical (unpaired) electrons. The maximum Gasteiger partial charge on any atom is 0.238 e. The molecular formula is C46H30N4. The van der Waals surface area contributed by atoms with Gasteiger partial charge in [0, 0.05) is 27.3 Å². The van der Waals surface area contributed by atoms with E-state index in [-0.39, 0.29) is 5.41 Å². The smallest absolute Gasteiger partial charge is 0.238 e. The molecule has 0 N–H and O–H groups in total. The van der Waals surface area contributed by atoms with Crippen LogP contribution < -0.4 is 0 Å². The summed E-state index contributed by atoms with van der Waals surface area (Å²) < 4.78 is 2.30. The van der Waals surface area contributed by atoms with Gasteiger partial charge in [0.2, 0.25) is 5.95 Å². The van der Waals surface area contributed by atoms with Crippen LogP contribution in [0.3, 0.4) is 0 Å². The average molecular weight is 639 g/mol. The van der Waals surface area contributed by atoms with Gasteiger partial charge in [-0.3, -0.25) is 4.57 Å². The van der Waals surface area contributed by atoms with E-state index in [4.69, 9.17) is 15.0 Å². The second-order valence-electron chi connectivity index (χ2n) is 14.0.